The van der Waals surface area contributed by atoms with Crippen LogP contribution in [0.2, 0.25) is 0 Å². The fourth-order valence-corrected chi connectivity index (χ4v) is 4.39. The molecule has 5 nitrogen and oxygen atoms in total. The van der Waals surface area contributed by atoms with Gasteiger partial charge in [0.1, 0.15) is 17.6 Å². The third-order valence-corrected chi connectivity index (χ3v) is 6.06. The molecular formula is C24H30N2O3. The molecule has 2 bridgehead atoms. The fourth-order valence-electron chi connectivity index (χ4n) is 4.39. The fraction of sp³-hybridized carbons (Fsp3) is 0.458. The van der Waals surface area contributed by atoms with E-state index in [-0.39, 0.29) is 12.0 Å². The first kappa shape index (κ1) is 19.8. The second-order valence-corrected chi connectivity index (χ2v) is 8.11. The van der Waals surface area contributed by atoms with Gasteiger partial charge in [0.2, 0.25) is 0 Å². The van der Waals surface area contributed by atoms with Crippen LogP contribution >= 0.6 is 0 Å². The predicted molar refractivity (Wildman–Crippen MR) is 115 cm³/mol. The van der Waals surface area contributed by atoms with E-state index in [1.807, 2.05) is 36.4 Å². The molecule has 0 spiro atoms. The van der Waals surface area contributed by atoms with E-state index < -0.39 is 0 Å². The SMILES string of the molecule is CCCOc1ccc(C(=O)Nc2ccc(OC3C[C@H]4CC[C@@H](C3)N4C)cc2)cc1. The van der Waals surface area contributed by atoms with Crippen molar-refractivity contribution in [2.24, 2.45) is 0 Å². The second-order valence-electron chi connectivity index (χ2n) is 8.11. The number of amides is 1. The number of fused-ring (bicyclic) bond motifs is 2. The van der Waals surface area contributed by atoms with Crippen LogP contribution in [0.4, 0.5) is 5.69 Å². The van der Waals surface area contributed by atoms with Gasteiger partial charge < -0.3 is 19.7 Å². The third-order valence-electron chi connectivity index (χ3n) is 6.06. The zero-order valence-electron chi connectivity index (χ0n) is 17.3. The largest absolute Gasteiger partial charge is 0.494 e. The molecule has 2 aliphatic heterocycles. The van der Waals surface area contributed by atoms with Gasteiger partial charge in [-0.2, -0.15) is 0 Å². The molecule has 0 aromatic heterocycles. The van der Waals surface area contributed by atoms with Gasteiger partial charge in [-0.15, -0.1) is 0 Å². The highest BCUT2D eigenvalue weighted by Crippen LogP contribution is 2.36. The number of nitrogens with zero attached hydrogens (tertiary/aromatic N) is 1. The molecule has 2 heterocycles. The van der Waals surface area contributed by atoms with Gasteiger partial charge in [-0.05, 0) is 87.7 Å². The number of piperidine rings is 1. The number of carbonyl (C=O) groups is 1. The minimum absolute atomic E-state index is 0.132. The summed E-state index contributed by atoms with van der Waals surface area (Å²) in [7, 11) is 2.24. The van der Waals surface area contributed by atoms with E-state index in [1.54, 1.807) is 12.1 Å². The molecular weight excluding hydrogens is 364 g/mol. The Hall–Kier alpha value is -2.53. The van der Waals surface area contributed by atoms with Crippen LogP contribution in [0.1, 0.15) is 49.4 Å². The average molecular weight is 395 g/mol. The van der Waals surface area contributed by atoms with Crippen molar-refractivity contribution in [2.45, 2.75) is 57.2 Å². The summed E-state index contributed by atoms with van der Waals surface area (Å²) in [6, 6.07) is 16.2. The van der Waals surface area contributed by atoms with Gasteiger partial charge in [0.05, 0.1) is 6.61 Å². The number of rotatable bonds is 7. The second kappa shape index (κ2) is 8.87. The van der Waals surface area contributed by atoms with E-state index in [1.165, 1.54) is 12.8 Å². The number of benzene rings is 2. The van der Waals surface area contributed by atoms with E-state index in [4.69, 9.17) is 9.47 Å². The molecule has 0 aliphatic carbocycles. The first-order valence-corrected chi connectivity index (χ1v) is 10.6. The van der Waals surface area contributed by atoms with Crippen LogP contribution in [0.3, 0.4) is 0 Å². The van der Waals surface area contributed by atoms with Crippen LogP contribution < -0.4 is 14.8 Å². The highest BCUT2D eigenvalue weighted by atomic mass is 16.5. The van der Waals surface area contributed by atoms with Crippen molar-refractivity contribution >= 4 is 11.6 Å². The molecule has 4 rings (SSSR count). The van der Waals surface area contributed by atoms with Gasteiger partial charge in [-0.25, -0.2) is 0 Å². The maximum atomic E-state index is 12.5. The number of hydrogen-bond donors (Lipinski definition) is 1. The lowest BCUT2D eigenvalue weighted by atomic mass is 10.0. The summed E-state index contributed by atoms with van der Waals surface area (Å²) >= 11 is 0. The quantitative estimate of drug-likeness (QED) is 0.737. The van der Waals surface area contributed by atoms with Gasteiger partial charge in [-0.3, -0.25) is 4.79 Å². The van der Waals surface area contributed by atoms with Gasteiger partial charge in [0.25, 0.3) is 5.91 Å². The molecule has 2 aromatic rings. The topological polar surface area (TPSA) is 50.8 Å². The summed E-state index contributed by atoms with van der Waals surface area (Å²) in [4.78, 5) is 15.0. The van der Waals surface area contributed by atoms with Gasteiger partial charge in [0.15, 0.2) is 0 Å². The highest BCUT2D eigenvalue weighted by molar-refractivity contribution is 6.04. The average Bonchev–Trinajstić information content (AvgIpc) is 2.94. The summed E-state index contributed by atoms with van der Waals surface area (Å²) in [6.45, 7) is 2.74. The van der Waals surface area contributed by atoms with Crippen molar-refractivity contribution in [3.63, 3.8) is 0 Å². The molecule has 154 valence electrons. The highest BCUT2D eigenvalue weighted by Gasteiger charge is 2.39. The van der Waals surface area contributed by atoms with Gasteiger partial charge >= 0.3 is 0 Å². The van der Waals surface area contributed by atoms with Crippen molar-refractivity contribution < 1.29 is 14.3 Å². The van der Waals surface area contributed by atoms with Crippen LogP contribution in [0.15, 0.2) is 48.5 Å². The van der Waals surface area contributed by atoms with Crippen LogP contribution in [0, 0.1) is 0 Å². The number of carbonyl (C=O) groups excluding carboxylic acids is 1. The van der Waals surface area contributed by atoms with Crippen molar-refractivity contribution in [3.05, 3.63) is 54.1 Å². The normalized spacial score (nSPS) is 23.6. The maximum absolute atomic E-state index is 12.5. The van der Waals surface area contributed by atoms with E-state index in [2.05, 4.69) is 24.2 Å². The minimum atomic E-state index is -0.132. The standard InChI is InChI=1S/C24H30N2O3/c1-3-14-28-21-10-4-17(5-11-21)24(27)25-18-6-12-22(13-7-18)29-23-15-19-8-9-20(16-23)26(19)2/h4-7,10-13,19-20,23H,3,8-9,14-16H2,1-2H3,(H,25,27)/t19-,20+,23?. The molecule has 5 heteroatoms. The van der Waals surface area contributed by atoms with E-state index in [0.717, 1.165) is 36.4 Å². The molecule has 2 aromatic carbocycles. The Bertz CT molecular complexity index is 805. The van der Waals surface area contributed by atoms with Crippen LogP contribution in [0.5, 0.6) is 11.5 Å². The molecule has 1 amide bonds. The summed E-state index contributed by atoms with van der Waals surface area (Å²) in [6.07, 6.45) is 6.03. The summed E-state index contributed by atoms with van der Waals surface area (Å²) in [5.74, 6) is 1.52. The van der Waals surface area contributed by atoms with Gasteiger partial charge in [-0.1, -0.05) is 6.92 Å². The Balaban J connectivity index is 1.30. The molecule has 1 N–H and O–H groups in total. The molecule has 1 unspecified atom stereocenters. The lowest BCUT2D eigenvalue weighted by molar-refractivity contribution is 0.0662. The Kier molecular flexibility index (Phi) is 6.05. The Morgan fingerprint density at radius 1 is 1.00 bits per heavy atom. The summed E-state index contributed by atoms with van der Waals surface area (Å²) in [5, 5.41) is 2.94. The van der Waals surface area contributed by atoms with Crippen LogP contribution in [-0.4, -0.2) is 42.6 Å². The molecule has 2 saturated heterocycles. The van der Waals surface area contributed by atoms with E-state index >= 15 is 0 Å². The summed E-state index contributed by atoms with van der Waals surface area (Å²) in [5.41, 5.74) is 1.37. The molecule has 0 saturated carbocycles. The molecule has 3 atom stereocenters. The molecule has 29 heavy (non-hydrogen) atoms. The number of anilines is 1. The zero-order valence-corrected chi connectivity index (χ0v) is 17.3. The Morgan fingerprint density at radius 2 is 1.62 bits per heavy atom. The minimum Gasteiger partial charge on any atom is -0.494 e. The van der Waals surface area contributed by atoms with Crippen LogP contribution in [-0.2, 0) is 0 Å². The Labute approximate surface area is 173 Å². The van der Waals surface area contributed by atoms with Crippen molar-refractivity contribution in [2.75, 3.05) is 19.0 Å². The molecule has 2 aliphatic rings. The number of ether oxygens (including phenoxy) is 2. The monoisotopic (exact) mass is 394 g/mol. The molecule has 0 radical (unpaired) electrons. The van der Waals surface area contributed by atoms with Crippen molar-refractivity contribution in [1.82, 2.24) is 4.90 Å². The first-order valence-electron chi connectivity index (χ1n) is 10.6. The lowest BCUT2D eigenvalue weighted by Crippen LogP contribution is -2.43. The maximum Gasteiger partial charge on any atom is 0.255 e. The zero-order chi connectivity index (χ0) is 20.2. The third kappa shape index (κ3) is 4.73. The first-order chi connectivity index (χ1) is 14.1. The smallest absolute Gasteiger partial charge is 0.255 e. The van der Waals surface area contributed by atoms with Crippen LogP contribution in [0.25, 0.3) is 0 Å². The van der Waals surface area contributed by atoms with Crippen molar-refractivity contribution in [3.8, 4) is 11.5 Å². The number of nitrogens with one attached hydrogen (secondary N) is 1. The number of hydrogen-bond acceptors (Lipinski definition) is 4. The van der Waals surface area contributed by atoms with Crippen molar-refractivity contribution in [1.29, 1.82) is 0 Å². The predicted octanol–water partition coefficient (Wildman–Crippen LogP) is 4.73. The van der Waals surface area contributed by atoms with E-state index in [9.17, 15) is 4.79 Å². The van der Waals surface area contributed by atoms with E-state index in [0.29, 0.717) is 24.3 Å². The molecule has 2 fully saturated rings. The Morgan fingerprint density at radius 3 is 2.24 bits per heavy atom. The summed E-state index contributed by atoms with van der Waals surface area (Å²) < 4.78 is 11.8. The lowest BCUT2D eigenvalue weighted by Gasteiger charge is -2.36. The van der Waals surface area contributed by atoms with Gasteiger partial charge in [0, 0.05) is 23.3 Å².